The van der Waals surface area contributed by atoms with Gasteiger partial charge in [0.15, 0.2) is 0 Å². The van der Waals surface area contributed by atoms with Crippen molar-refractivity contribution in [2.45, 2.75) is 12.1 Å². The Labute approximate surface area is 96.2 Å². The quantitative estimate of drug-likeness (QED) is 0.793. The number of carbonyl (C=O) groups is 1. The summed E-state index contributed by atoms with van der Waals surface area (Å²) in [5, 5.41) is 11.7. The maximum atomic E-state index is 13.3. The van der Waals surface area contributed by atoms with Gasteiger partial charge in [0.2, 0.25) is 0 Å². The Morgan fingerprint density at radius 1 is 1.35 bits per heavy atom. The Hall–Kier alpha value is -1.53. The van der Waals surface area contributed by atoms with E-state index in [2.05, 4.69) is 5.32 Å². The summed E-state index contributed by atoms with van der Waals surface area (Å²) in [6.07, 6.45) is -0.853. The Morgan fingerprint density at radius 3 is 2.53 bits per heavy atom. The fraction of sp³-hybridized carbons (Fsp3) is 0.364. The van der Waals surface area contributed by atoms with E-state index < -0.39 is 35.3 Å². The summed E-state index contributed by atoms with van der Waals surface area (Å²) in [5.41, 5.74) is -0.647. The van der Waals surface area contributed by atoms with Gasteiger partial charge in [0.05, 0.1) is 25.4 Å². The molecule has 4 nitrogen and oxygen atoms in total. The van der Waals surface area contributed by atoms with Crippen LogP contribution in [0.4, 0.5) is 8.78 Å². The number of rotatable bonds is 2. The van der Waals surface area contributed by atoms with Crippen molar-refractivity contribution in [2.24, 2.45) is 0 Å². The number of aliphatic hydroxyl groups excluding tert-OH is 1. The van der Waals surface area contributed by atoms with Crippen molar-refractivity contribution < 1.29 is 23.4 Å². The summed E-state index contributed by atoms with van der Waals surface area (Å²) in [6, 6.07) is 2.54. The SMILES string of the molecule is O=C(N[C@@H]1COC[C@H]1O)c1c(F)cccc1F. The van der Waals surface area contributed by atoms with Crippen LogP contribution in [0, 0.1) is 11.6 Å². The van der Waals surface area contributed by atoms with Gasteiger partial charge in [0.25, 0.3) is 5.91 Å². The van der Waals surface area contributed by atoms with Crippen LogP contribution in [-0.4, -0.2) is 36.4 Å². The van der Waals surface area contributed by atoms with E-state index in [1.165, 1.54) is 6.07 Å². The van der Waals surface area contributed by atoms with Crippen molar-refractivity contribution in [1.29, 1.82) is 0 Å². The first-order valence-electron chi connectivity index (χ1n) is 5.10. The molecule has 0 aromatic heterocycles. The average molecular weight is 243 g/mol. The van der Waals surface area contributed by atoms with E-state index in [9.17, 15) is 18.7 Å². The molecule has 1 aliphatic rings. The molecular weight excluding hydrogens is 232 g/mol. The lowest BCUT2D eigenvalue weighted by Gasteiger charge is -2.14. The summed E-state index contributed by atoms with van der Waals surface area (Å²) in [4.78, 5) is 11.6. The number of amides is 1. The number of ether oxygens (including phenoxy) is 1. The highest BCUT2D eigenvalue weighted by atomic mass is 19.1. The average Bonchev–Trinajstić information content (AvgIpc) is 2.64. The molecule has 17 heavy (non-hydrogen) atoms. The molecule has 1 aliphatic heterocycles. The zero-order valence-electron chi connectivity index (χ0n) is 8.82. The third-order valence-corrected chi connectivity index (χ3v) is 2.56. The third kappa shape index (κ3) is 2.42. The molecule has 2 rings (SSSR count). The smallest absolute Gasteiger partial charge is 0.257 e. The molecule has 0 bridgehead atoms. The van der Waals surface area contributed by atoms with E-state index in [1.807, 2.05) is 0 Å². The van der Waals surface area contributed by atoms with Crippen molar-refractivity contribution in [1.82, 2.24) is 5.32 Å². The summed E-state index contributed by atoms with van der Waals surface area (Å²) < 4.78 is 31.5. The molecule has 0 aliphatic carbocycles. The van der Waals surface area contributed by atoms with Crippen LogP contribution in [0.3, 0.4) is 0 Å². The maximum absolute atomic E-state index is 13.3. The van der Waals surface area contributed by atoms with E-state index in [0.717, 1.165) is 12.1 Å². The predicted molar refractivity (Wildman–Crippen MR) is 54.4 cm³/mol. The Balaban J connectivity index is 2.14. The van der Waals surface area contributed by atoms with Gasteiger partial charge in [0.1, 0.15) is 17.2 Å². The summed E-state index contributed by atoms with van der Waals surface area (Å²) in [7, 11) is 0. The van der Waals surface area contributed by atoms with Crippen LogP contribution in [-0.2, 0) is 4.74 Å². The Kier molecular flexibility index (Phi) is 3.35. The largest absolute Gasteiger partial charge is 0.388 e. The third-order valence-electron chi connectivity index (χ3n) is 2.56. The molecule has 0 unspecified atom stereocenters. The maximum Gasteiger partial charge on any atom is 0.257 e. The number of benzene rings is 1. The number of hydrogen-bond donors (Lipinski definition) is 2. The summed E-state index contributed by atoms with van der Waals surface area (Å²) in [5.74, 6) is -2.76. The zero-order valence-corrected chi connectivity index (χ0v) is 8.82. The molecule has 1 aromatic carbocycles. The van der Waals surface area contributed by atoms with Gasteiger partial charge in [-0.3, -0.25) is 4.79 Å². The highest BCUT2D eigenvalue weighted by molar-refractivity contribution is 5.95. The highest BCUT2D eigenvalue weighted by Gasteiger charge is 2.29. The molecule has 1 amide bonds. The first-order chi connectivity index (χ1) is 8.09. The number of hydrogen-bond acceptors (Lipinski definition) is 3. The molecular formula is C11H11F2NO3. The minimum Gasteiger partial charge on any atom is -0.388 e. The van der Waals surface area contributed by atoms with E-state index in [4.69, 9.17) is 4.74 Å². The minimum absolute atomic E-state index is 0.102. The standard InChI is InChI=1S/C11H11F2NO3/c12-6-2-1-3-7(13)10(6)11(16)14-8-4-17-5-9(8)15/h1-3,8-9,15H,4-5H2,(H,14,16)/t8-,9-/m1/s1. The fourth-order valence-electron chi connectivity index (χ4n) is 1.64. The molecule has 2 N–H and O–H groups in total. The fourth-order valence-corrected chi connectivity index (χ4v) is 1.64. The van der Waals surface area contributed by atoms with E-state index in [-0.39, 0.29) is 13.2 Å². The minimum atomic E-state index is -0.934. The van der Waals surface area contributed by atoms with Gasteiger partial charge in [-0.25, -0.2) is 8.78 Å². The zero-order chi connectivity index (χ0) is 12.4. The molecule has 2 atom stereocenters. The topological polar surface area (TPSA) is 58.6 Å². The Morgan fingerprint density at radius 2 is 2.00 bits per heavy atom. The molecule has 0 radical (unpaired) electrons. The second kappa shape index (κ2) is 4.77. The number of halogens is 2. The number of nitrogens with one attached hydrogen (secondary N) is 1. The number of aliphatic hydroxyl groups is 1. The van der Waals surface area contributed by atoms with Gasteiger partial charge in [-0.1, -0.05) is 6.07 Å². The van der Waals surface area contributed by atoms with Gasteiger partial charge in [-0.15, -0.1) is 0 Å². The van der Waals surface area contributed by atoms with Gasteiger partial charge in [-0.05, 0) is 12.1 Å². The van der Waals surface area contributed by atoms with Crippen LogP contribution in [0.2, 0.25) is 0 Å². The van der Waals surface area contributed by atoms with Gasteiger partial charge in [-0.2, -0.15) is 0 Å². The second-order valence-electron chi connectivity index (χ2n) is 3.78. The second-order valence-corrected chi connectivity index (χ2v) is 3.78. The van der Waals surface area contributed by atoms with Crippen LogP contribution < -0.4 is 5.32 Å². The van der Waals surface area contributed by atoms with E-state index in [0.29, 0.717) is 0 Å². The normalized spacial score (nSPS) is 23.7. The summed E-state index contributed by atoms with van der Waals surface area (Å²) >= 11 is 0. The van der Waals surface area contributed by atoms with Crippen LogP contribution in [0.5, 0.6) is 0 Å². The van der Waals surface area contributed by atoms with Crippen LogP contribution >= 0.6 is 0 Å². The lowest BCUT2D eigenvalue weighted by atomic mass is 10.1. The van der Waals surface area contributed by atoms with Gasteiger partial charge in [0, 0.05) is 0 Å². The predicted octanol–water partition coefficient (Wildman–Crippen LogP) is 0.454. The van der Waals surface area contributed by atoms with E-state index in [1.54, 1.807) is 0 Å². The van der Waals surface area contributed by atoms with Crippen molar-refractivity contribution >= 4 is 5.91 Å². The van der Waals surface area contributed by atoms with Crippen molar-refractivity contribution in [3.8, 4) is 0 Å². The molecule has 92 valence electrons. The first kappa shape index (κ1) is 11.9. The van der Waals surface area contributed by atoms with E-state index >= 15 is 0 Å². The van der Waals surface area contributed by atoms with Gasteiger partial charge < -0.3 is 15.2 Å². The van der Waals surface area contributed by atoms with Gasteiger partial charge >= 0.3 is 0 Å². The monoisotopic (exact) mass is 243 g/mol. The van der Waals surface area contributed by atoms with Crippen molar-refractivity contribution in [2.75, 3.05) is 13.2 Å². The molecule has 1 aromatic rings. The molecule has 1 saturated heterocycles. The van der Waals surface area contributed by atoms with Crippen LogP contribution in [0.15, 0.2) is 18.2 Å². The van der Waals surface area contributed by atoms with Crippen molar-refractivity contribution in [3.63, 3.8) is 0 Å². The molecule has 6 heteroatoms. The lowest BCUT2D eigenvalue weighted by Crippen LogP contribution is -2.43. The van der Waals surface area contributed by atoms with Crippen LogP contribution in [0.1, 0.15) is 10.4 Å². The molecule has 0 spiro atoms. The highest BCUT2D eigenvalue weighted by Crippen LogP contribution is 2.13. The van der Waals surface area contributed by atoms with Crippen molar-refractivity contribution in [3.05, 3.63) is 35.4 Å². The Bertz CT molecular complexity index is 418. The summed E-state index contributed by atoms with van der Waals surface area (Å²) in [6.45, 7) is 0.230. The first-order valence-corrected chi connectivity index (χ1v) is 5.10. The lowest BCUT2D eigenvalue weighted by molar-refractivity contribution is 0.0878. The van der Waals surface area contributed by atoms with Crippen LogP contribution in [0.25, 0.3) is 0 Å². The number of carbonyl (C=O) groups excluding carboxylic acids is 1. The molecule has 1 fully saturated rings. The molecule has 0 saturated carbocycles. The molecule has 1 heterocycles.